The third-order valence-corrected chi connectivity index (χ3v) is 14.0. The second kappa shape index (κ2) is 6.40. The molecule has 0 aromatic rings. The highest BCUT2D eigenvalue weighted by Crippen LogP contribution is 2.78. The number of hydrogen-bond acceptors (Lipinski definition) is 3. The molecule has 10 atom stereocenters. The third kappa shape index (κ3) is 2.45. The molecule has 5 aliphatic carbocycles. The van der Waals surface area contributed by atoms with E-state index in [2.05, 4.69) is 48.5 Å². The summed E-state index contributed by atoms with van der Waals surface area (Å²) < 4.78 is 6.28. The lowest BCUT2D eigenvalue weighted by atomic mass is 9.31. The predicted octanol–water partition coefficient (Wildman–Crippen LogP) is 6.76. The Hall–Kier alpha value is -0.570. The molecule has 6 rings (SSSR count). The Morgan fingerprint density at radius 2 is 1.45 bits per heavy atom. The highest BCUT2D eigenvalue weighted by molar-refractivity contribution is 5.81. The summed E-state index contributed by atoms with van der Waals surface area (Å²) in [4.78, 5) is 13.3. The van der Waals surface area contributed by atoms with E-state index < -0.39 is 0 Å². The molecule has 0 spiro atoms. The molecular formula is C30H48O3. The van der Waals surface area contributed by atoms with Crippen molar-refractivity contribution in [3.63, 3.8) is 0 Å². The van der Waals surface area contributed by atoms with E-state index >= 15 is 0 Å². The molecule has 3 nitrogen and oxygen atoms in total. The first-order valence-electron chi connectivity index (χ1n) is 14.1. The van der Waals surface area contributed by atoms with Crippen LogP contribution in [0.1, 0.15) is 113 Å². The van der Waals surface area contributed by atoms with Crippen molar-refractivity contribution in [2.24, 2.45) is 56.2 Å². The van der Waals surface area contributed by atoms with Crippen molar-refractivity contribution in [2.75, 3.05) is 0 Å². The van der Waals surface area contributed by atoms with Gasteiger partial charge >= 0.3 is 5.97 Å². The quantitative estimate of drug-likeness (QED) is 0.409. The molecule has 6 aliphatic rings. The number of esters is 1. The average molecular weight is 457 g/mol. The van der Waals surface area contributed by atoms with Crippen molar-refractivity contribution in [1.82, 2.24) is 0 Å². The van der Waals surface area contributed by atoms with Crippen LogP contribution >= 0.6 is 0 Å². The van der Waals surface area contributed by atoms with Gasteiger partial charge in [-0.05, 0) is 104 Å². The van der Waals surface area contributed by atoms with E-state index in [0.717, 1.165) is 31.6 Å². The van der Waals surface area contributed by atoms with Crippen LogP contribution in [0.2, 0.25) is 0 Å². The first-order chi connectivity index (χ1) is 15.2. The molecule has 1 heterocycles. The summed E-state index contributed by atoms with van der Waals surface area (Å²) in [6.07, 6.45) is 11.6. The monoisotopic (exact) mass is 456 g/mol. The van der Waals surface area contributed by atoms with Gasteiger partial charge in [0.25, 0.3) is 0 Å². The van der Waals surface area contributed by atoms with E-state index in [-0.39, 0.29) is 39.8 Å². The zero-order valence-corrected chi connectivity index (χ0v) is 22.3. The molecule has 186 valence electrons. The van der Waals surface area contributed by atoms with E-state index in [1.165, 1.54) is 38.5 Å². The van der Waals surface area contributed by atoms with Crippen molar-refractivity contribution in [3.05, 3.63) is 0 Å². The second-order valence-electron chi connectivity index (χ2n) is 15.5. The van der Waals surface area contributed by atoms with Crippen LogP contribution in [-0.4, -0.2) is 23.3 Å². The number of ether oxygens (including phenoxy) is 1. The minimum atomic E-state index is -0.189. The minimum absolute atomic E-state index is 0.00939. The molecule has 0 radical (unpaired) electrons. The Morgan fingerprint density at radius 1 is 0.758 bits per heavy atom. The highest BCUT2D eigenvalue weighted by Gasteiger charge is 2.75. The molecule has 5 saturated carbocycles. The first kappa shape index (κ1) is 22.9. The van der Waals surface area contributed by atoms with Gasteiger partial charge in [0, 0.05) is 11.3 Å². The fourth-order valence-corrected chi connectivity index (χ4v) is 11.8. The van der Waals surface area contributed by atoms with Crippen molar-refractivity contribution in [3.8, 4) is 0 Å². The zero-order chi connectivity index (χ0) is 23.8. The van der Waals surface area contributed by atoms with E-state index in [1.807, 2.05) is 0 Å². The van der Waals surface area contributed by atoms with Crippen LogP contribution in [0.15, 0.2) is 0 Å². The maximum absolute atomic E-state index is 13.3. The molecule has 0 aromatic carbocycles. The van der Waals surface area contributed by atoms with E-state index in [0.29, 0.717) is 28.6 Å². The van der Waals surface area contributed by atoms with Gasteiger partial charge in [-0.2, -0.15) is 0 Å². The van der Waals surface area contributed by atoms with Gasteiger partial charge in [0.15, 0.2) is 0 Å². The first-order valence-corrected chi connectivity index (χ1v) is 14.1. The third-order valence-electron chi connectivity index (χ3n) is 14.0. The summed E-state index contributed by atoms with van der Waals surface area (Å²) in [6, 6.07) is 0. The van der Waals surface area contributed by atoms with Crippen LogP contribution in [0.3, 0.4) is 0 Å². The molecule has 2 bridgehead atoms. The summed E-state index contributed by atoms with van der Waals surface area (Å²) in [7, 11) is 0. The predicted molar refractivity (Wildman–Crippen MR) is 130 cm³/mol. The van der Waals surface area contributed by atoms with Gasteiger partial charge < -0.3 is 9.84 Å². The number of fused-ring (bicyclic) bond motifs is 5. The summed E-state index contributed by atoms with van der Waals surface area (Å²) in [6.45, 7) is 17.3. The number of aliphatic hydroxyl groups is 1. The number of carbonyl (C=O) groups excluding carboxylic acids is 1. The average Bonchev–Trinajstić information content (AvgIpc) is 2.99. The highest BCUT2D eigenvalue weighted by atomic mass is 16.6. The summed E-state index contributed by atoms with van der Waals surface area (Å²) in [5, 5.41) is 10.9. The van der Waals surface area contributed by atoms with E-state index in [4.69, 9.17) is 4.74 Å². The van der Waals surface area contributed by atoms with Crippen molar-refractivity contribution in [1.29, 1.82) is 0 Å². The van der Waals surface area contributed by atoms with Crippen LogP contribution in [0.5, 0.6) is 0 Å². The maximum atomic E-state index is 13.3. The summed E-state index contributed by atoms with van der Waals surface area (Å²) in [5.41, 5.74) is 0.823. The van der Waals surface area contributed by atoms with Crippen LogP contribution < -0.4 is 0 Å². The van der Waals surface area contributed by atoms with Gasteiger partial charge in [0.2, 0.25) is 0 Å². The Morgan fingerprint density at radius 3 is 2.18 bits per heavy atom. The van der Waals surface area contributed by atoms with Gasteiger partial charge in [0.05, 0.1) is 11.5 Å². The zero-order valence-electron chi connectivity index (χ0n) is 22.3. The van der Waals surface area contributed by atoms with Gasteiger partial charge in [-0.3, -0.25) is 4.79 Å². The standard InChI is InChI=1S/C30H48O3/c1-25(2)14-16-30-17-15-28(6)18(22(30)23(25)33-24(30)32)8-9-20-27(5)12-11-21(31)26(3,4)19(27)10-13-29(20,28)7/h18-23,31H,8-17H2,1-7H3/t18-,19-,20+,21-,22-,23+,27-,28+,29+,30+/m0/s1. The molecule has 3 heteroatoms. The lowest BCUT2D eigenvalue weighted by Crippen LogP contribution is -2.67. The molecular weight excluding hydrogens is 408 g/mol. The molecule has 6 fully saturated rings. The molecule has 1 saturated heterocycles. The molecule has 1 N–H and O–H groups in total. The smallest absolute Gasteiger partial charge is 0.312 e. The lowest BCUT2D eigenvalue weighted by molar-refractivity contribution is -0.252. The van der Waals surface area contributed by atoms with Crippen LogP contribution in [0.25, 0.3) is 0 Å². The summed E-state index contributed by atoms with van der Waals surface area (Å²) >= 11 is 0. The van der Waals surface area contributed by atoms with Gasteiger partial charge in [-0.1, -0.05) is 48.5 Å². The molecule has 0 aromatic heterocycles. The van der Waals surface area contributed by atoms with Crippen molar-refractivity contribution >= 4 is 5.97 Å². The van der Waals surface area contributed by atoms with Crippen molar-refractivity contribution in [2.45, 2.75) is 125 Å². The largest absolute Gasteiger partial charge is 0.461 e. The van der Waals surface area contributed by atoms with Gasteiger partial charge in [-0.25, -0.2) is 0 Å². The lowest BCUT2D eigenvalue weighted by Gasteiger charge is -2.73. The molecule has 0 unspecified atom stereocenters. The normalized spacial score (nSPS) is 58.4. The second-order valence-corrected chi connectivity index (χ2v) is 15.5. The number of aliphatic hydroxyl groups excluding tert-OH is 1. The van der Waals surface area contributed by atoms with Crippen molar-refractivity contribution < 1.29 is 14.6 Å². The Kier molecular flexibility index (Phi) is 4.44. The number of hydrogen-bond donors (Lipinski definition) is 1. The fourth-order valence-electron chi connectivity index (χ4n) is 11.8. The fraction of sp³-hybridized carbons (Fsp3) is 0.967. The topological polar surface area (TPSA) is 46.5 Å². The SMILES string of the molecule is CC1(C)CC[C@@]23CC[C@]4(C)[C@@H](CC[C@@H]5[C@@]6(C)CC[C@H](O)C(C)(C)[C@@H]6CC[C@]54C)[C@H]2[C@H]1OC3=O. The Labute approximate surface area is 201 Å². The number of carbonyl (C=O) groups is 1. The Balaban J connectivity index is 1.41. The maximum Gasteiger partial charge on any atom is 0.312 e. The Bertz CT molecular complexity index is 876. The molecule has 1 aliphatic heterocycles. The number of rotatable bonds is 0. The molecule has 33 heavy (non-hydrogen) atoms. The van der Waals surface area contributed by atoms with Gasteiger partial charge in [0.1, 0.15) is 6.10 Å². The molecule has 0 amide bonds. The van der Waals surface area contributed by atoms with E-state index in [9.17, 15) is 9.90 Å². The van der Waals surface area contributed by atoms with Crippen LogP contribution in [-0.2, 0) is 9.53 Å². The van der Waals surface area contributed by atoms with Crippen LogP contribution in [0, 0.1) is 56.2 Å². The van der Waals surface area contributed by atoms with E-state index in [1.54, 1.807) is 0 Å². The minimum Gasteiger partial charge on any atom is -0.461 e. The van der Waals surface area contributed by atoms with Gasteiger partial charge in [-0.15, -0.1) is 0 Å². The summed E-state index contributed by atoms with van der Waals surface area (Å²) in [5.74, 6) is 2.50. The van der Waals surface area contributed by atoms with Crippen LogP contribution in [0.4, 0.5) is 0 Å².